The second-order valence-corrected chi connectivity index (χ2v) is 9.06. The average molecular weight is 481 g/mol. The summed E-state index contributed by atoms with van der Waals surface area (Å²) in [6, 6.07) is 15.1. The quantitative estimate of drug-likeness (QED) is 0.367. The number of benzene rings is 2. The van der Waals surface area contributed by atoms with E-state index in [1.165, 1.54) is 44.5 Å². The van der Waals surface area contributed by atoms with Crippen LogP contribution in [0.25, 0.3) is 22.4 Å². The normalized spacial score (nSPS) is 11.2. The fraction of sp³-hybridized carbons (Fsp3) is 0.160. The van der Waals surface area contributed by atoms with Crippen molar-refractivity contribution in [3.05, 3.63) is 73.2 Å². The lowest BCUT2D eigenvalue weighted by Gasteiger charge is -2.16. The van der Waals surface area contributed by atoms with Crippen molar-refractivity contribution in [2.24, 2.45) is 0 Å². The molecule has 0 unspecified atom stereocenters. The van der Waals surface area contributed by atoms with Crippen LogP contribution in [0.2, 0.25) is 0 Å². The lowest BCUT2D eigenvalue weighted by atomic mass is 10.1. The average Bonchev–Trinajstić information content (AvgIpc) is 3.35. The van der Waals surface area contributed by atoms with Crippen LogP contribution in [0.5, 0.6) is 23.0 Å². The highest BCUT2D eigenvalue weighted by Gasteiger charge is 2.24. The molecule has 0 saturated heterocycles. The fourth-order valence-electron chi connectivity index (χ4n) is 3.64. The summed E-state index contributed by atoms with van der Waals surface area (Å²) in [6.07, 6.45) is 4.92. The van der Waals surface area contributed by atoms with Gasteiger partial charge in [0.1, 0.15) is 5.75 Å². The number of aromatic nitrogens is 2. The van der Waals surface area contributed by atoms with Gasteiger partial charge in [0.25, 0.3) is 10.0 Å². The Bertz CT molecular complexity index is 1370. The maximum absolute atomic E-state index is 13.7. The summed E-state index contributed by atoms with van der Waals surface area (Å²) in [5.41, 5.74) is 2.46. The van der Waals surface area contributed by atoms with Gasteiger partial charge in [-0.05, 0) is 48.5 Å². The maximum atomic E-state index is 13.7. The summed E-state index contributed by atoms with van der Waals surface area (Å²) >= 11 is 0. The molecule has 4 rings (SSSR count). The van der Waals surface area contributed by atoms with Gasteiger partial charge in [0.2, 0.25) is 5.75 Å². The number of rotatable bonds is 8. The van der Waals surface area contributed by atoms with Crippen molar-refractivity contribution < 1.29 is 27.4 Å². The van der Waals surface area contributed by atoms with Crippen LogP contribution in [-0.2, 0) is 10.0 Å². The van der Waals surface area contributed by atoms with Crippen molar-refractivity contribution in [3.63, 3.8) is 0 Å². The summed E-state index contributed by atoms with van der Waals surface area (Å²) in [5.74, 6) is 1.80. The number of ether oxygens (including phenoxy) is 4. The topological polar surface area (TPSA) is 88.9 Å². The molecule has 2 aromatic heterocycles. The summed E-state index contributed by atoms with van der Waals surface area (Å²) in [5, 5.41) is 0. The van der Waals surface area contributed by atoms with E-state index < -0.39 is 10.0 Å². The van der Waals surface area contributed by atoms with E-state index in [1.807, 2.05) is 6.07 Å². The first-order valence-corrected chi connectivity index (χ1v) is 11.7. The van der Waals surface area contributed by atoms with Crippen LogP contribution in [0, 0.1) is 0 Å². The highest BCUT2D eigenvalue weighted by atomic mass is 32.2. The lowest BCUT2D eigenvalue weighted by molar-refractivity contribution is 0.324. The van der Waals surface area contributed by atoms with Crippen molar-refractivity contribution >= 4 is 10.0 Å². The Labute approximate surface area is 198 Å². The molecule has 0 spiro atoms. The van der Waals surface area contributed by atoms with Gasteiger partial charge in [-0.1, -0.05) is 6.07 Å². The van der Waals surface area contributed by atoms with Crippen molar-refractivity contribution in [3.8, 4) is 45.4 Å². The molecule has 0 fully saturated rings. The number of hydrogen-bond donors (Lipinski definition) is 0. The first-order chi connectivity index (χ1) is 16.4. The second-order valence-electron chi connectivity index (χ2n) is 7.25. The Morgan fingerprint density at radius 1 is 0.765 bits per heavy atom. The van der Waals surface area contributed by atoms with Gasteiger partial charge in [-0.25, -0.2) is 12.4 Å². The minimum Gasteiger partial charge on any atom is -0.497 e. The number of nitrogens with zero attached hydrogens (tertiary/aromatic N) is 2. The zero-order valence-electron chi connectivity index (χ0n) is 19.2. The van der Waals surface area contributed by atoms with Gasteiger partial charge >= 0.3 is 0 Å². The molecular weight excluding hydrogens is 456 g/mol. The molecule has 0 atom stereocenters. The maximum Gasteiger partial charge on any atom is 0.268 e. The standard InChI is InChI=1S/C25H24N2O6S/c1-30-20-7-9-21(10-8-20)34(28,29)27-16-19(17-6-5-11-26-15-17)12-22(27)18-13-23(31-2)25(33-4)24(14-18)32-3/h5-16H,1-4H3. The Morgan fingerprint density at radius 3 is 1.97 bits per heavy atom. The van der Waals surface area contributed by atoms with Gasteiger partial charge in [0, 0.05) is 35.3 Å². The van der Waals surface area contributed by atoms with Crippen molar-refractivity contribution in [2.75, 3.05) is 28.4 Å². The van der Waals surface area contributed by atoms with Crippen LogP contribution in [-0.4, -0.2) is 45.8 Å². The molecule has 2 aromatic carbocycles. The molecule has 0 radical (unpaired) electrons. The Balaban J connectivity index is 1.96. The van der Waals surface area contributed by atoms with Gasteiger partial charge < -0.3 is 18.9 Å². The molecule has 0 amide bonds. The van der Waals surface area contributed by atoms with Crippen molar-refractivity contribution in [1.82, 2.24) is 8.96 Å². The highest BCUT2D eigenvalue weighted by Crippen LogP contribution is 2.42. The SMILES string of the molecule is COc1ccc(S(=O)(=O)n2cc(-c3cccnc3)cc2-c2cc(OC)c(OC)c(OC)c2)cc1. The molecule has 0 aliphatic rings. The monoisotopic (exact) mass is 480 g/mol. The van der Waals surface area contributed by atoms with E-state index in [-0.39, 0.29) is 4.90 Å². The second kappa shape index (κ2) is 9.48. The van der Waals surface area contributed by atoms with Crippen LogP contribution in [0.3, 0.4) is 0 Å². The first kappa shape index (κ1) is 23.2. The van der Waals surface area contributed by atoms with Crippen LogP contribution < -0.4 is 18.9 Å². The van der Waals surface area contributed by atoms with E-state index in [1.54, 1.807) is 55.0 Å². The van der Waals surface area contributed by atoms with Crippen LogP contribution >= 0.6 is 0 Å². The van der Waals surface area contributed by atoms with Gasteiger partial charge in [-0.2, -0.15) is 0 Å². The predicted octanol–water partition coefficient (Wildman–Crippen LogP) is 4.49. The molecule has 34 heavy (non-hydrogen) atoms. The molecule has 4 aromatic rings. The highest BCUT2D eigenvalue weighted by molar-refractivity contribution is 7.90. The first-order valence-electron chi connectivity index (χ1n) is 10.3. The van der Waals surface area contributed by atoms with Crippen molar-refractivity contribution in [1.29, 1.82) is 0 Å². The largest absolute Gasteiger partial charge is 0.497 e. The third kappa shape index (κ3) is 4.17. The van der Waals surface area contributed by atoms with Crippen LogP contribution in [0.15, 0.2) is 78.1 Å². The zero-order chi connectivity index (χ0) is 24.3. The van der Waals surface area contributed by atoms with E-state index in [4.69, 9.17) is 18.9 Å². The van der Waals surface area contributed by atoms with E-state index in [9.17, 15) is 8.42 Å². The van der Waals surface area contributed by atoms with Gasteiger partial charge in [-0.15, -0.1) is 0 Å². The molecule has 176 valence electrons. The molecule has 0 N–H and O–H groups in total. The molecule has 9 heteroatoms. The molecule has 0 aliphatic heterocycles. The Hall–Kier alpha value is -3.98. The third-order valence-electron chi connectivity index (χ3n) is 5.36. The van der Waals surface area contributed by atoms with E-state index >= 15 is 0 Å². The molecule has 2 heterocycles. The zero-order valence-corrected chi connectivity index (χ0v) is 20.0. The Kier molecular flexibility index (Phi) is 6.47. The smallest absolute Gasteiger partial charge is 0.268 e. The van der Waals surface area contributed by atoms with Gasteiger partial charge in [0.05, 0.1) is 39.0 Å². The molecule has 8 nitrogen and oxygen atoms in total. The predicted molar refractivity (Wildman–Crippen MR) is 128 cm³/mol. The molecule has 0 aliphatic carbocycles. The minimum atomic E-state index is -3.96. The van der Waals surface area contributed by atoms with Crippen LogP contribution in [0.4, 0.5) is 0 Å². The minimum absolute atomic E-state index is 0.121. The molecule has 0 saturated carbocycles. The van der Waals surface area contributed by atoms with E-state index in [0.29, 0.717) is 39.8 Å². The van der Waals surface area contributed by atoms with E-state index in [2.05, 4.69) is 4.98 Å². The van der Waals surface area contributed by atoms with Crippen LogP contribution in [0.1, 0.15) is 0 Å². The number of hydrogen-bond acceptors (Lipinski definition) is 7. The summed E-state index contributed by atoms with van der Waals surface area (Å²) in [7, 11) is 2.10. The fourth-order valence-corrected chi connectivity index (χ4v) is 5.01. The lowest BCUT2D eigenvalue weighted by Crippen LogP contribution is -2.13. The number of methoxy groups -OCH3 is 4. The molecular formula is C25H24N2O6S. The third-order valence-corrected chi connectivity index (χ3v) is 7.05. The van der Waals surface area contributed by atoms with Gasteiger partial charge in [-0.3, -0.25) is 4.98 Å². The summed E-state index contributed by atoms with van der Waals surface area (Å²) < 4.78 is 50.2. The summed E-state index contributed by atoms with van der Waals surface area (Å²) in [4.78, 5) is 4.28. The van der Waals surface area contributed by atoms with E-state index in [0.717, 1.165) is 5.56 Å². The van der Waals surface area contributed by atoms with Crippen molar-refractivity contribution in [2.45, 2.75) is 4.90 Å². The van der Waals surface area contributed by atoms with Gasteiger partial charge in [0.15, 0.2) is 11.5 Å². The Morgan fingerprint density at radius 2 is 1.44 bits per heavy atom. The summed E-state index contributed by atoms with van der Waals surface area (Å²) in [6.45, 7) is 0. The molecule has 0 bridgehead atoms. The number of pyridine rings is 1.